The third-order valence-corrected chi connectivity index (χ3v) is 4.13. The van der Waals surface area contributed by atoms with E-state index >= 15 is 0 Å². The van der Waals surface area contributed by atoms with Crippen LogP contribution in [0.1, 0.15) is 19.0 Å². The molecule has 2 aromatic rings. The molecule has 1 saturated heterocycles. The van der Waals surface area contributed by atoms with E-state index in [0.29, 0.717) is 0 Å². The molecule has 1 unspecified atom stereocenters. The Labute approximate surface area is 117 Å². The summed E-state index contributed by atoms with van der Waals surface area (Å²) < 4.78 is 7.70. The van der Waals surface area contributed by atoms with Crippen LogP contribution in [-0.2, 0) is 11.2 Å². The summed E-state index contributed by atoms with van der Waals surface area (Å²) in [5.41, 5.74) is 7.22. The second-order valence-corrected chi connectivity index (χ2v) is 5.95. The highest BCUT2D eigenvalue weighted by atomic mass is 32.1. The molecule has 1 aliphatic heterocycles. The van der Waals surface area contributed by atoms with Gasteiger partial charge in [0, 0.05) is 43.7 Å². The van der Waals surface area contributed by atoms with Crippen molar-refractivity contribution < 1.29 is 4.74 Å². The molecule has 3 rings (SSSR count). The van der Waals surface area contributed by atoms with Crippen LogP contribution in [-0.4, -0.2) is 41.7 Å². The van der Waals surface area contributed by atoms with Gasteiger partial charge in [-0.2, -0.15) is 0 Å². The van der Waals surface area contributed by atoms with Gasteiger partial charge in [-0.25, -0.2) is 4.98 Å². The van der Waals surface area contributed by atoms with Gasteiger partial charge in [0.1, 0.15) is 0 Å². The monoisotopic (exact) mass is 280 g/mol. The number of anilines is 1. The molecule has 19 heavy (non-hydrogen) atoms. The second-order valence-electron chi connectivity index (χ2n) is 5.07. The van der Waals surface area contributed by atoms with Crippen molar-refractivity contribution in [3.05, 3.63) is 17.3 Å². The lowest BCUT2D eigenvalue weighted by Gasteiger charge is -2.21. The van der Waals surface area contributed by atoms with Gasteiger partial charge in [0.25, 0.3) is 0 Å². The molecule has 2 N–H and O–H groups in total. The number of hydrogen-bond donors (Lipinski definition) is 1. The Hall–Kier alpha value is -1.11. The Bertz CT molecular complexity index is 540. The zero-order valence-corrected chi connectivity index (χ0v) is 12.0. The topological polar surface area (TPSA) is 55.8 Å². The first-order chi connectivity index (χ1) is 9.25. The first-order valence-corrected chi connectivity index (χ1v) is 7.66. The van der Waals surface area contributed by atoms with Crippen LogP contribution in [0, 0.1) is 0 Å². The van der Waals surface area contributed by atoms with E-state index < -0.39 is 0 Å². The molecular weight excluding hydrogens is 260 g/mol. The third-order valence-electron chi connectivity index (χ3n) is 3.38. The molecule has 2 aromatic heterocycles. The minimum atomic E-state index is 0.141. The molecule has 1 fully saturated rings. The second kappa shape index (κ2) is 5.48. The molecule has 0 aliphatic carbocycles. The van der Waals surface area contributed by atoms with Crippen LogP contribution in [0.25, 0.3) is 4.96 Å². The lowest BCUT2D eigenvalue weighted by molar-refractivity contribution is 0.152. The Kier molecular flexibility index (Phi) is 3.72. The van der Waals surface area contributed by atoms with E-state index in [1.807, 2.05) is 6.92 Å². The molecule has 0 aromatic carbocycles. The lowest BCUT2D eigenvalue weighted by Crippen LogP contribution is -2.28. The maximum absolute atomic E-state index is 5.99. The van der Waals surface area contributed by atoms with Crippen molar-refractivity contribution in [1.29, 1.82) is 0 Å². The Balaban J connectivity index is 1.98. The van der Waals surface area contributed by atoms with E-state index in [1.165, 1.54) is 5.69 Å². The van der Waals surface area contributed by atoms with Crippen molar-refractivity contribution in [2.75, 3.05) is 31.2 Å². The molecular formula is C13H20N4OS. The van der Waals surface area contributed by atoms with Crippen molar-refractivity contribution >= 4 is 22.1 Å². The van der Waals surface area contributed by atoms with Crippen LogP contribution >= 0.6 is 11.3 Å². The molecule has 3 heterocycles. The number of nitrogens with zero attached hydrogens (tertiary/aromatic N) is 3. The lowest BCUT2D eigenvalue weighted by atomic mass is 10.2. The van der Waals surface area contributed by atoms with Gasteiger partial charge in [-0.1, -0.05) is 0 Å². The van der Waals surface area contributed by atoms with Gasteiger partial charge in [-0.15, -0.1) is 11.3 Å². The quantitative estimate of drug-likeness (QED) is 0.926. The van der Waals surface area contributed by atoms with Crippen molar-refractivity contribution in [2.45, 2.75) is 25.8 Å². The third kappa shape index (κ3) is 2.61. The van der Waals surface area contributed by atoms with Gasteiger partial charge in [0.05, 0.1) is 12.3 Å². The van der Waals surface area contributed by atoms with Gasteiger partial charge in [-0.3, -0.25) is 4.40 Å². The van der Waals surface area contributed by atoms with Crippen LogP contribution in [0.2, 0.25) is 0 Å². The molecule has 0 amide bonds. The predicted octanol–water partition coefficient (Wildman–Crippen LogP) is 1.51. The average molecular weight is 280 g/mol. The fraction of sp³-hybridized carbons (Fsp3) is 0.615. The van der Waals surface area contributed by atoms with Gasteiger partial charge in [0.15, 0.2) is 10.8 Å². The fourth-order valence-electron chi connectivity index (χ4n) is 2.53. The fourth-order valence-corrected chi connectivity index (χ4v) is 3.25. The molecule has 0 radical (unpaired) electrons. The highest BCUT2D eigenvalue weighted by molar-refractivity contribution is 7.15. The summed E-state index contributed by atoms with van der Waals surface area (Å²) in [7, 11) is 0. The SMILES string of the molecule is CC(N)Cc1c(N2CCCOCC2)nc2sccn12. The maximum Gasteiger partial charge on any atom is 0.195 e. The number of imidazole rings is 1. The summed E-state index contributed by atoms with van der Waals surface area (Å²) in [4.78, 5) is 8.18. The molecule has 1 atom stereocenters. The van der Waals surface area contributed by atoms with Crippen molar-refractivity contribution in [1.82, 2.24) is 9.38 Å². The highest BCUT2D eigenvalue weighted by Crippen LogP contribution is 2.26. The van der Waals surface area contributed by atoms with E-state index in [2.05, 4.69) is 20.9 Å². The number of rotatable bonds is 3. The average Bonchev–Trinajstić information content (AvgIpc) is 2.83. The number of thiazole rings is 1. The van der Waals surface area contributed by atoms with Crippen molar-refractivity contribution in [2.24, 2.45) is 5.73 Å². The normalized spacial score (nSPS) is 18.7. The summed E-state index contributed by atoms with van der Waals surface area (Å²) in [6.45, 7) is 5.60. The summed E-state index contributed by atoms with van der Waals surface area (Å²) in [6.07, 6.45) is 4.00. The number of hydrogen-bond acceptors (Lipinski definition) is 5. The predicted molar refractivity (Wildman–Crippen MR) is 78.1 cm³/mol. The first-order valence-electron chi connectivity index (χ1n) is 6.78. The van der Waals surface area contributed by atoms with E-state index in [-0.39, 0.29) is 6.04 Å². The minimum Gasteiger partial charge on any atom is -0.380 e. The summed E-state index contributed by atoms with van der Waals surface area (Å²) >= 11 is 1.67. The standard InChI is InChI=1S/C13H20N4OS/c1-10(14)9-11-12(15-13-17(11)5-8-19-13)16-3-2-6-18-7-4-16/h5,8,10H,2-4,6-7,9,14H2,1H3. The highest BCUT2D eigenvalue weighted by Gasteiger charge is 2.20. The Morgan fingerprint density at radius 2 is 2.37 bits per heavy atom. The molecule has 0 saturated carbocycles. The number of ether oxygens (including phenoxy) is 1. The van der Waals surface area contributed by atoms with E-state index in [4.69, 9.17) is 15.5 Å². The van der Waals surface area contributed by atoms with E-state index in [1.54, 1.807) is 11.3 Å². The first kappa shape index (κ1) is 12.9. The number of nitrogens with two attached hydrogens (primary N) is 1. The Morgan fingerprint density at radius 3 is 3.21 bits per heavy atom. The van der Waals surface area contributed by atoms with Crippen LogP contribution in [0.4, 0.5) is 5.82 Å². The zero-order valence-electron chi connectivity index (χ0n) is 11.2. The molecule has 0 spiro atoms. The van der Waals surface area contributed by atoms with E-state index in [0.717, 1.165) is 49.9 Å². The van der Waals surface area contributed by atoms with Gasteiger partial charge in [-0.05, 0) is 13.3 Å². The van der Waals surface area contributed by atoms with Gasteiger partial charge in [0.2, 0.25) is 0 Å². The molecule has 104 valence electrons. The summed E-state index contributed by atoms with van der Waals surface area (Å²) in [6, 6.07) is 0.141. The van der Waals surface area contributed by atoms with Gasteiger partial charge >= 0.3 is 0 Å². The summed E-state index contributed by atoms with van der Waals surface area (Å²) in [5.74, 6) is 1.09. The Morgan fingerprint density at radius 1 is 1.47 bits per heavy atom. The number of fused-ring (bicyclic) bond motifs is 1. The van der Waals surface area contributed by atoms with Gasteiger partial charge < -0.3 is 15.4 Å². The van der Waals surface area contributed by atoms with Crippen LogP contribution < -0.4 is 10.6 Å². The summed E-state index contributed by atoms with van der Waals surface area (Å²) in [5, 5.41) is 2.07. The smallest absolute Gasteiger partial charge is 0.195 e. The van der Waals surface area contributed by atoms with Crippen LogP contribution in [0.15, 0.2) is 11.6 Å². The largest absolute Gasteiger partial charge is 0.380 e. The van der Waals surface area contributed by atoms with Crippen molar-refractivity contribution in [3.63, 3.8) is 0 Å². The molecule has 6 heteroatoms. The van der Waals surface area contributed by atoms with Crippen molar-refractivity contribution in [3.8, 4) is 0 Å². The minimum absolute atomic E-state index is 0.141. The van der Waals surface area contributed by atoms with Crippen LogP contribution in [0.3, 0.4) is 0 Å². The molecule has 0 bridgehead atoms. The van der Waals surface area contributed by atoms with Crippen LogP contribution in [0.5, 0.6) is 0 Å². The van der Waals surface area contributed by atoms with E-state index in [9.17, 15) is 0 Å². The molecule has 5 nitrogen and oxygen atoms in total. The number of aromatic nitrogens is 2. The molecule has 1 aliphatic rings. The zero-order chi connectivity index (χ0) is 13.2. The maximum atomic E-state index is 5.99.